The molecule has 0 aromatic heterocycles. The Morgan fingerprint density at radius 1 is 0.769 bits per heavy atom. The first-order valence-corrected chi connectivity index (χ1v) is 10.6. The Labute approximate surface area is 153 Å². The van der Waals surface area contributed by atoms with Gasteiger partial charge in [0, 0.05) is 13.1 Å². The van der Waals surface area contributed by atoms with Gasteiger partial charge in [-0.25, -0.2) is 4.67 Å². The third-order valence-corrected chi connectivity index (χ3v) is 7.90. The molecule has 0 N–H and O–H groups in total. The van der Waals surface area contributed by atoms with Crippen LogP contribution < -0.4 is 5.30 Å². The van der Waals surface area contributed by atoms with Crippen molar-refractivity contribution in [3.63, 3.8) is 0 Å². The van der Waals surface area contributed by atoms with E-state index >= 15 is 0 Å². The fourth-order valence-electron chi connectivity index (χ4n) is 3.84. The van der Waals surface area contributed by atoms with E-state index in [2.05, 4.69) is 24.3 Å². The highest BCUT2D eigenvalue weighted by molar-refractivity contribution is 7.64. The van der Waals surface area contributed by atoms with Crippen LogP contribution in [-0.2, 0) is 9.09 Å². The van der Waals surface area contributed by atoms with Crippen LogP contribution in [0.5, 0.6) is 0 Å². The summed E-state index contributed by atoms with van der Waals surface area (Å²) in [6, 6.07) is 26.2. The van der Waals surface area contributed by atoms with Gasteiger partial charge in [0.1, 0.15) is 6.10 Å². The van der Waals surface area contributed by atoms with Gasteiger partial charge in [0.25, 0.3) is 0 Å². The minimum atomic E-state index is -3.10. The lowest BCUT2D eigenvalue weighted by molar-refractivity contribution is 0.195. The topological polar surface area (TPSA) is 29.5 Å². The van der Waals surface area contributed by atoms with Crippen molar-refractivity contribution in [3.8, 4) is 11.1 Å². The first-order chi connectivity index (χ1) is 12.8. The van der Waals surface area contributed by atoms with Crippen molar-refractivity contribution in [1.82, 2.24) is 4.67 Å². The minimum absolute atomic E-state index is 0.297. The molecule has 0 bridgehead atoms. The summed E-state index contributed by atoms with van der Waals surface area (Å²) in [5.41, 5.74) is 4.56. The summed E-state index contributed by atoms with van der Waals surface area (Å²) >= 11 is 0. The van der Waals surface area contributed by atoms with Gasteiger partial charge in [-0.15, -0.1) is 0 Å². The van der Waals surface area contributed by atoms with Gasteiger partial charge in [0.05, 0.1) is 5.30 Å². The lowest BCUT2D eigenvalue weighted by Crippen LogP contribution is -2.38. The molecular formula is C22H20NO2P. The van der Waals surface area contributed by atoms with Crippen LogP contribution in [0.3, 0.4) is 0 Å². The van der Waals surface area contributed by atoms with Crippen molar-refractivity contribution < 1.29 is 9.09 Å². The van der Waals surface area contributed by atoms with Crippen LogP contribution in [0.25, 0.3) is 11.1 Å². The third-order valence-electron chi connectivity index (χ3n) is 5.31. The molecule has 1 atom stereocenters. The summed E-state index contributed by atoms with van der Waals surface area (Å²) in [6.45, 7) is 1.64. The van der Waals surface area contributed by atoms with E-state index in [0.717, 1.165) is 35.9 Å². The molecule has 1 heterocycles. The molecule has 1 aliphatic heterocycles. The lowest BCUT2D eigenvalue weighted by atomic mass is 10.1. The molecule has 0 saturated carbocycles. The SMILES string of the molecule is O=[P@](OC1c2ccccc2-c2ccccc21)(c1ccccc1)N1CCC1. The van der Waals surface area contributed by atoms with Crippen molar-refractivity contribution >= 4 is 12.8 Å². The average molecular weight is 361 g/mol. The highest BCUT2D eigenvalue weighted by Crippen LogP contribution is 2.59. The monoisotopic (exact) mass is 361 g/mol. The minimum Gasteiger partial charge on any atom is -0.301 e. The van der Waals surface area contributed by atoms with Crippen LogP contribution in [0.15, 0.2) is 78.9 Å². The molecule has 0 amide bonds. The molecule has 4 heteroatoms. The Morgan fingerprint density at radius 3 is 1.85 bits per heavy atom. The first-order valence-electron chi connectivity index (χ1n) is 9.05. The predicted octanol–water partition coefficient (Wildman–Crippen LogP) is 5.00. The smallest absolute Gasteiger partial charge is 0.301 e. The molecule has 0 radical (unpaired) electrons. The predicted molar refractivity (Wildman–Crippen MR) is 105 cm³/mol. The van der Waals surface area contributed by atoms with E-state index in [1.807, 2.05) is 59.3 Å². The zero-order valence-electron chi connectivity index (χ0n) is 14.4. The Kier molecular flexibility index (Phi) is 3.82. The Morgan fingerprint density at radius 2 is 1.31 bits per heavy atom. The molecule has 1 saturated heterocycles. The van der Waals surface area contributed by atoms with Gasteiger partial charge in [-0.2, -0.15) is 0 Å². The van der Waals surface area contributed by atoms with Crippen molar-refractivity contribution in [3.05, 3.63) is 90.0 Å². The lowest BCUT2D eigenvalue weighted by Gasteiger charge is -2.38. The van der Waals surface area contributed by atoms with Crippen molar-refractivity contribution in [2.75, 3.05) is 13.1 Å². The quantitative estimate of drug-likeness (QED) is 0.613. The second-order valence-corrected chi connectivity index (χ2v) is 9.16. The standard InChI is InChI=1S/C22H20NO2P/c24-26(23-15-8-16-23,17-9-2-1-3-10-17)25-22-20-13-6-4-11-18(20)19-12-5-7-14-21(19)22/h1-7,9-14,22H,8,15-16H2/t26-/m0/s1. The van der Waals surface area contributed by atoms with E-state index < -0.39 is 7.52 Å². The molecule has 2 aliphatic rings. The van der Waals surface area contributed by atoms with Crippen LogP contribution in [0.1, 0.15) is 23.7 Å². The summed E-state index contributed by atoms with van der Waals surface area (Å²) in [5, 5.41) is 0.779. The molecule has 3 aromatic rings. The Balaban J connectivity index is 1.62. The molecule has 5 rings (SSSR count). The molecule has 3 nitrogen and oxygen atoms in total. The van der Waals surface area contributed by atoms with E-state index in [4.69, 9.17) is 4.52 Å². The van der Waals surface area contributed by atoms with E-state index in [1.165, 1.54) is 11.1 Å². The summed E-state index contributed by atoms with van der Waals surface area (Å²) in [6.07, 6.45) is 0.770. The van der Waals surface area contributed by atoms with Gasteiger partial charge < -0.3 is 4.52 Å². The zero-order valence-corrected chi connectivity index (χ0v) is 15.3. The number of rotatable bonds is 4. The van der Waals surface area contributed by atoms with E-state index in [1.54, 1.807) is 0 Å². The highest BCUT2D eigenvalue weighted by Gasteiger charge is 2.42. The van der Waals surface area contributed by atoms with Gasteiger partial charge in [-0.1, -0.05) is 66.7 Å². The Bertz CT molecular complexity index is 952. The number of hydrogen-bond donors (Lipinski definition) is 0. The van der Waals surface area contributed by atoms with Crippen molar-refractivity contribution in [1.29, 1.82) is 0 Å². The zero-order chi connectivity index (χ0) is 17.6. The van der Waals surface area contributed by atoms with E-state index in [0.29, 0.717) is 0 Å². The van der Waals surface area contributed by atoms with Crippen LogP contribution in [0.4, 0.5) is 0 Å². The van der Waals surface area contributed by atoms with Crippen LogP contribution >= 0.6 is 7.52 Å². The molecule has 1 aliphatic carbocycles. The van der Waals surface area contributed by atoms with Crippen LogP contribution in [-0.4, -0.2) is 17.8 Å². The van der Waals surface area contributed by atoms with Crippen molar-refractivity contribution in [2.45, 2.75) is 12.5 Å². The molecule has 0 spiro atoms. The maximum absolute atomic E-state index is 14.1. The summed E-state index contributed by atoms with van der Waals surface area (Å²) in [4.78, 5) is 0. The second-order valence-electron chi connectivity index (χ2n) is 6.82. The van der Waals surface area contributed by atoms with Gasteiger partial charge in [0.15, 0.2) is 0 Å². The average Bonchev–Trinajstić information content (AvgIpc) is 2.95. The maximum Gasteiger partial charge on any atom is 0.303 e. The largest absolute Gasteiger partial charge is 0.303 e. The summed E-state index contributed by atoms with van der Waals surface area (Å²) in [5.74, 6) is 0. The van der Waals surface area contributed by atoms with E-state index in [9.17, 15) is 4.57 Å². The fourth-order valence-corrected chi connectivity index (χ4v) is 6.29. The van der Waals surface area contributed by atoms with Gasteiger partial charge in [-0.05, 0) is 40.8 Å². The number of hydrogen-bond acceptors (Lipinski definition) is 2. The van der Waals surface area contributed by atoms with E-state index in [-0.39, 0.29) is 6.10 Å². The maximum atomic E-state index is 14.1. The highest BCUT2D eigenvalue weighted by atomic mass is 31.2. The van der Waals surface area contributed by atoms with Gasteiger partial charge in [-0.3, -0.25) is 4.57 Å². The third kappa shape index (κ3) is 2.39. The molecule has 3 aromatic carbocycles. The molecule has 130 valence electrons. The summed E-state index contributed by atoms with van der Waals surface area (Å²) < 4.78 is 22.6. The number of nitrogens with zero attached hydrogens (tertiary/aromatic N) is 1. The second kappa shape index (κ2) is 6.21. The fraction of sp³-hybridized carbons (Fsp3) is 0.182. The van der Waals surface area contributed by atoms with Crippen LogP contribution in [0, 0.1) is 0 Å². The first kappa shape index (κ1) is 16.0. The van der Waals surface area contributed by atoms with Gasteiger partial charge >= 0.3 is 7.52 Å². The number of fused-ring (bicyclic) bond motifs is 3. The molecule has 0 unspecified atom stereocenters. The summed E-state index contributed by atoms with van der Waals surface area (Å²) in [7, 11) is -3.10. The Hall–Kier alpha value is -2.19. The molecule has 1 fully saturated rings. The number of benzene rings is 3. The van der Waals surface area contributed by atoms with Crippen molar-refractivity contribution in [2.24, 2.45) is 0 Å². The van der Waals surface area contributed by atoms with Gasteiger partial charge in [0.2, 0.25) is 0 Å². The van der Waals surface area contributed by atoms with Crippen LogP contribution in [0.2, 0.25) is 0 Å². The molecular weight excluding hydrogens is 341 g/mol. The molecule has 26 heavy (non-hydrogen) atoms. The normalized spacial score (nSPS) is 18.6.